The van der Waals surface area contributed by atoms with E-state index in [0.29, 0.717) is 19.1 Å². The molecule has 4 nitrogen and oxygen atoms in total. The molecule has 19 heavy (non-hydrogen) atoms. The number of carbonyl (C=O) groups excluding carboxylic acids is 1. The third-order valence-electron chi connectivity index (χ3n) is 3.73. The molecule has 2 rings (SSSR count). The molecule has 1 aromatic carbocycles. The number of para-hydroxylation sites is 1. The van der Waals surface area contributed by atoms with Gasteiger partial charge in [0.2, 0.25) is 5.91 Å². The van der Waals surface area contributed by atoms with Gasteiger partial charge in [0.25, 0.3) is 0 Å². The Morgan fingerprint density at radius 2 is 2.16 bits per heavy atom. The van der Waals surface area contributed by atoms with Gasteiger partial charge in [-0.2, -0.15) is 0 Å². The lowest BCUT2D eigenvalue weighted by Crippen LogP contribution is -2.62. The molecule has 1 aliphatic rings. The van der Waals surface area contributed by atoms with E-state index in [4.69, 9.17) is 0 Å². The van der Waals surface area contributed by atoms with Crippen molar-refractivity contribution in [2.45, 2.75) is 32.4 Å². The van der Waals surface area contributed by atoms with Gasteiger partial charge in [-0.25, -0.2) is 0 Å². The van der Waals surface area contributed by atoms with Crippen LogP contribution in [0.5, 0.6) is 0 Å². The molecule has 4 heteroatoms. The number of nitrogens with zero attached hydrogens (tertiary/aromatic N) is 1. The SMILES string of the molecule is CCc1ccccc1N1C(C)CNC(=O)C1CNC. The van der Waals surface area contributed by atoms with E-state index in [2.05, 4.69) is 47.6 Å². The fourth-order valence-electron chi connectivity index (χ4n) is 2.75. The Morgan fingerprint density at radius 1 is 1.42 bits per heavy atom. The number of benzene rings is 1. The molecule has 0 aliphatic carbocycles. The molecule has 1 heterocycles. The van der Waals surface area contributed by atoms with Gasteiger partial charge < -0.3 is 15.5 Å². The first-order valence-electron chi connectivity index (χ1n) is 6.97. The quantitative estimate of drug-likeness (QED) is 0.855. The number of likely N-dealkylation sites (N-methyl/N-ethyl adjacent to an activating group) is 1. The van der Waals surface area contributed by atoms with Crippen LogP contribution in [-0.2, 0) is 11.2 Å². The lowest BCUT2D eigenvalue weighted by molar-refractivity contribution is -0.123. The molecule has 0 bridgehead atoms. The van der Waals surface area contributed by atoms with Crippen LogP contribution in [0.25, 0.3) is 0 Å². The van der Waals surface area contributed by atoms with Gasteiger partial charge in [0, 0.05) is 24.8 Å². The second kappa shape index (κ2) is 6.06. The minimum atomic E-state index is -0.138. The Balaban J connectivity index is 2.39. The van der Waals surface area contributed by atoms with E-state index in [1.165, 1.54) is 11.3 Å². The lowest BCUT2D eigenvalue weighted by Gasteiger charge is -2.42. The van der Waals surface area contributed by atoms with E-state index in [-0.39, 0.29) is 11.9 Å². The summed E-state index contributed by atoms with van der Waals surface area (Å²) in [7, 11) is 1.89. The van der Waals surface area contributed by atoms with Crippen LogP contribution in [0.1, 0.15) is 19.4 Å². The zero-order chi connectivity index (χ0) is 13.8. The van der Waals surface area contributed by atoms with Crippen molar-refractivity contribution in [1.29, 1.82) is 0 Å². The van der Waals surface area contributed by atoms with Crippen LogP contribution in [0.4, 0.5) is 5.69 Å². The summed E-state index contributed by atoms with van der Waals surface area (Å²) in [5, 5.41) is 6.11. The normalized spacial score (nSPS) is 23.3. The summed E-state index contributed by atoms with van der Waals surface area (Å²) in [6.07, 6.45) is 0.979. The van der Waals surface area contributed by atoms with Crippen molar-refractivity contribution in [3.05, 3.63) is 29.8 Å². The molecule has 1 aromatic rings. The van der Waals surface area contributed by atoms with E-state index in [1.807, 2.05) is 13.1 Å². The molecule has 0 aromatic heterocycles. The Kier molecular flexibility index (Phi) is 4.43. The van der Waals surface area contributed by atoms with Crippen LogP contribution < -0.4 is 15.5 Å². The third-order valence-corrected chi connectivity index (χ3v) is 3.73. The average Bonchev–Trinajstić information content (AvgIpc) is 2.43. The number of carbonyl (C=O) groups is 1. The number of aryl methyl sites for hydroxylation is 1. The first-order valence-corrected chi connectivity index (χ1v) is 6.97. The predicted octanol–water partition coefficient (Wildman–Crippen LogP) is 1.16. The molecule has 0 radical (unpaired) electrons. The topological polar surface area (TPSA) is 44.4 Å². The minimum Gasteiger partial charge on any atom is -0.354 e. The molecule has 2 unspecified atom stereocenters. The van der Waals surface area contributed by atoms with Gasteiger partial charge in [-0.15, -0.1) is 0 Å². The highest BCUT2D eigenvalue weighted by Gasteiger charge is 2.34. The van der Waals surface area contributed by atoms with Gasteiger partial charge in [-0.1, -0.05) is 25.1 Å². The highest BCUT2D eigenvalue weighted by Crippen LogP contribution is 2.26. The highest BCUT2D eigenvalue weighted by atomic mass is 16.2. The van der Waals surface area contributed by atoms with Gasteiger partial charge in [0.05, 0.1) is 0 Å². The van der Waals surface area contributed by atoms with Gasteiger partial charge in [-0.05, 0) is 32.0 Å². The molecule has 1 saturated heterocycles. The Labute approximate surface area is 115 Å². The zero-order valence-electron chi connectivity index (χ0n) is 11.9. The number of nitrogens with one attached hydrogen (secondary N) is 2. The van der Waals surface area contributed by atoms with Crippen molar-refractivity contribution in [1.82, 2.24) is 10.6 Å². The largest absolute Gasteiger partial charge is 0.354 e. The lowest BCUT2D eigenvalue weighted by atomic mass is 10.0. The van der Waals surface area contributed by atoms with E-state index >= 15 is 0 Å². The minimum absolute atomic E-state index is 0.110. The fraction of sp³-hybridized carbons (Fsp3) is 0.533. The summed E-state index contributed by atoms with van der Waals surface area (Å²) in [4.78, 5) is 14.4. The molecular formula is C15H23N3O. The molecular weight excluding hydrogens is 238 g/mol. The van der Waals surface area contributed by atoms with Crippen LogP contribution >= 0.6 is 0 Å². The molecule has 1 fully saturated rings. The maximum atomic E-state index is 12.1. The van der Waals surface area contributed by atoms with Gasteiger partial charge in [-0.3, -0.25) is 4.79 Å². The predicted molar refractivity (Wildman–Crippen MR) is 78.5 cm³/mol. The summed E-state index contributed by atoms with van der Waals surface area (Å²) in [5.74, 6) is 0.110. The second-order valence-corrected chi connectivity index (χ2v) is 5.06. The van der Waals surface area contributed by atoms with E-state index < -0.39 is 0 Å². The summed E-state index contributed by atoms with van der Waals surface area (Å²) >= 11 is 0. The summed E-state index contributed by atoms with van der Waals surface area (Å²) in [6.45, 7) is 5.68. The third kappa shape index (κ3) is 2.73. The Morgan fingerprint density at radius 3 is 2.84 bits per heavy atom. The number of anilines is 1. The zero-order valence-corrected chi connectivity index (χ0v) is 11.9. The van der Waals surface area contributed by atoms with Gasteiger partial charge in [0.1, 0.15) is 6.04 Å². The Bertz CT molecular complexity index is 447. The van der Waals surface area contributed by atoms with Crippen molar-refractivity contribution < 1.29 is 4.79 Å². The number of rotatable bonds is 4. The summed E-state index contributed by atoms with van der Waals surface area (Å²) in [6, 6.07) is 8.54. The van der Waals surface area contributed by atoms with E-state index in [9.17, 15) is 4.79 Å². The molecule has 1 aliphatic heterocycles. The molecule has 0 spiro atoms. The number of amides is 1. The van der Waals surface area contributed by atoms with Crippen molar-refractivity contribution in [3.63, 3.8) is 0 Å². The van der Waals surface area contributed by atoms with Crippen LogP contribution in [0, 0.1) is 0 Å². The van der Waals surface area contributed by atoms with Crippen LogP contribution in [-0.4, -0.2) is 38.1 Å². The summed E-state index contributed by atoms with van der Waals surface area (Å²) in [5.41, 5.74) is 2.48. The standard InChI is InChI=1S/C15H23N3O/c1-4-12-7-5-6-8-13(12)18-11(2)9-17-15(19)14(18)10-16-3/h5-8,11,14,16H,4,9-10H2,1-3H3,(H,17,19). The van der Waals surface area contributed by atoms with E-state index in [0.717, 1.165) is 6.42 Å². The van der Waals surface area contributed by atoms with Crippen molar-refractivity contribution in [2.75, 3.05) is 25.0 Å². The summed E-state index contributed by atoms with van der Waals surface area (Å²) < 4.78 is 0. The molecule has 104 valence electrons. The van der Waals surface area contributed by atoms with Crippen LogP contribution in [0.2, 0.25) is 0 Å². The first kappa shape index (κ1) is 13.9. The van der Waals surface area contributed by atoms with Crippen molar-refractivity contribution >= 4 is 11.6 Å². The van der Waals surface area contributed by atoms with Crippen molar-refractivity contribution in [2.24, 2.45) is 0 Å². The average molecular weight is 261 g/mol. The maximum absolute atomic E-state index is 12.1. The molecule has 2 N–H and O–H groups in total. The molecule has 2 atom stereocenters. The van der Waals surface area contributed by atoms with E-state index in [1.54, 1.807) is 0 Å². The maximum Gasteiger partial charge on any atom is 0.244 e. The highest BCUT2D eigenvalue weighted by molar-refractivity contribution is 5.87. The van der Waals surface area contributed by atoms with Gasteiger partial charge in [0.15, 0.2) is 0 Å². The molecule has 1 amide bonds. The number of hydrogen-bond acceptors (Lipinski definition) is 3. The Hall–Kier alpha value is -1.55. The monoisotopic (exact) mass is 261 g/mol. The fourth-order valence-corrected chi connectivity index (χ4v) is 2.75. The second-order valence-electron chi connectivity index (χ2n) is 5.06. The van der Waals surface area contributed by atoms with Crippen LogP contribution in [0.15, 0.2) is 24.3 Å². The smallest absolute Gasteiger partial charge is 0.244 e. The van der Waals surface area contributed by atoms with Gasteiger partial charge >= 0.3 is 0 Å². The van der Waals surface area contributed by atoms with Crippen molar-refractivity contribution in [3.8, 4) is 0 Å². The number of hydrogen-bond donors (Lipinski definition) is 2. The first-order chi connectivity index (χ1) is 9.19. The number of piperazine rings is 1. The molecule has 0 saturated carbocycles. The van der Waals surface area contributed by atoms with Crippen LogP contribution in [0.3, 0.4) is 0 Å².